The highest BCUT2D eigenvalue weighted by atomic mass is 32.1. The van der Waals surface area contributed by atoms with E-state index in [4.69, 9.17) is 4.42 Å². The van der Waals surface area contributed by atoms with Gasteiger partial charge in [-0.1, -0.05) is 13.8 Å². The van der Waals surface area contributed by atoms with Crippen molar-refractivity contribution in [1.29, 1.82) is 0 Å². The number of carbonyl (C=O) groups is 1. The molecule has 0 aliphatic heterocycles. The Kier molecular flexibility index (Phi) is 4.33. The zero-order chi connectivity index (χ0) is 19.3. The molecule has 6 heteroatoms. The van der Waals surface area contributed by atoms with Crippen molar-refractivity contribution in [1.82, 2.24) is 14.5 Å². The largest absolute Gasteiger partial charge is 0.443 e. The van der Waals surface area contributed by atoms with E-state index in [1.165, 1.54) is 33.1 Å². The normalized spacial score (nSPS) is 14.0. The number of ketones is 1. The zero-order valence-electron chi connectivity index (χ0n) is 16.2. The van der Waals surface area contributed by atoms with E-state index in [-0.39, 0.29) is 5.78 Å². The number of aryl methyl sites for hydroxylation is 1. The molecule has 0 amide bonds. The molecule has 0 saturated carbocycles. The molecule has 1 aliphatic carbocycles. The minimum atomic E-state index is 0.270. The van der Waals surface area contributed by atoms with Crippen molar-refractivity contribution >= 4 is 38.2 Å². The second-order valence-electron chi connectivity index (χ2n) is 7.28. The van der Waals surface area contributed by atoms with Gasteiger partial charge in [0.1, 0.15) is 4.83 Å². The molecule has 144 valence electrons. The average molecular weight is 394 g/mol. The third kappa shape index (κ3) is 2.63. The minimum absolute atomic E-state index is 0.270. The lowest BCUT2D eigenvalue weighted by atomic mass is 10.0. The SMILES string of the molecule is CCN(CC)CCn1c2ccc3c(c2c2cc(-c4cnco4)sc21)CCC3=O. The number of fused-ring (bicyclic) bond motifs is 5. The van der Waals surface area contributed by atoms with Crippen LogP contribution in [-0.2, 0) is 13.0 Å². The summed E-state index contributed by atoms with van der Waals surface area (Å²) >= 11 is 1.75. The van der Waals surface area contributed by atoms with Gasteiger partial charge < -0.3 is 13.9 Å². The number of Topliss-reactive ketones (excluding diaryl/α,β-unsaturated/α-hetero) is 1. The van der Waals surface area contributed by atoms with E-state index < -0.39 is 0 Å². The predicted octanol–water partition coefficient (Wildman–Crippen LogP) is 4.98. The number of nitrogens with zero attached hydrogens (tertiary/aromatic N) is 3. The maximum atomic E-state index is 12.3. The molecule has 3 heterocycles. The van der Waals surface area contributed by atoms with Gasteiger partial charge >= 0.3 is 0 Å². The standard InChI is InChI=1S/C22H23N3O2S/c1-3-24(4-2)9-10-25-17-7-5-14-15(6-8-18(14)26)21(17)16-11-20(28-22(16)25)19-12-23-13-27-19/h5,7,11-13H,3-4,6,8-10H2,1-2H3. The van der Waals surface area contributed by atoms with Gasteiger partial charge in [-0.15, -0.1) is 11.3 Å². The monoisotopic (exact) mass is 393 g/mol. The summed E-state index contributed by atoms with van der Waals surface area (Å²) in [5.74, 6) is 1.07. The van der Waals surface area contributed by atoms with Crippen LogP contribution in [0.15, 0.2) is 35.2 Å². The van der Waals surface area contributed by atoms with E-state index >= 15 is 0 Å². The summed E-state index contributed by atoms with van der Waals surface area (Å²) in [6, 6.07) is 6.38. The van der Waals surface area contributed by atoms with E-state index in [1.807, 2.05) is 6.07 Å². The zero-order valence-corrected chi connectivity index (χ0v) is 17.0. The fourth-order valence-corrected chi connectivity index (χ4v) is 5.54. The molecule has 5 rings (SSSR count). The first-order valence-corrected chi connectivity index (χ1v) is 10.7. The lowest BCUT2D eigenvalue weighted by Gasteiger charge is -2.19. The molecule has 0 atom stereocenters. The number of rotatable bonds is 6. The first-order valence-electron chi connectivity index (χ1n) is 9.93. The van der Waals surface area contributed by atoms with Gasteiger partial charge in [-0.25, -0.2) is 4.98 Å². The van der Waals surface area contributed by atoms with Crippen LogP contribution in [0.3, 0.4) is 0 Å². The maximum absolute atomic E-state index is 12.3. The topological polar surface area (TPSA) is 51.3 Å². The Balaban J connectivity index is 1.72. The third-order valence-corrected chi connectivity index (χ3v) is 7.09. The Labute approximate surface area is 167 Å². The summed E-state index contributed by atoms with van der Waals surface area (Å²) in [6.07, 6.45) is 4.71. The third-order valence-electron chi connectivity index (χ3n) is 5.92. The van der Waals surface area contributed by atoms with Gasteiger partial charge in [0.15, 0.2) is 17.9 Å². The summed E-state index contributed by atoms with van der Waals surface area (Å²) in [6.45, 7) is 8.46. The Morgan fingerprint density at radius 2 is 2.11 bits per heavy atom. The number of likely N-dealkylation sites (N-methyl/N-ethyl adjacent to an activating group) is 1. The Morgan fingerprint density at radius 3 is 2.86 bits per heavy atom. The molecule has 0 fully saturated rings. The molecule has 4 aromatic rings. The van der Waals surface area contributed by atoms with Crippen LogP contribution in [0.1, 0.15) is 36.2 Å². The van der Waals surface area contributed by atoms with Crippen molar-refractivity contribution in [2.75, 3.05) is 19.6 Å². The molecule has 5 nitrogen and oxygen atoms in total. The van der Waals surface area contributed by atoms with Crippen molar-refractivity contribution in [3.05, 3.63) is 41.9 Å². The van der Waals surface area contributed by atoms with Crippen LogP contribution < -0.4 is 0 Å². The average Bonchev–Trinajstić information content (AvgIpc) is 3.47. The quantitative estimate of drug-likeness (QED) is 0.463. The number of aromatic nitrogens is 2. The molecule has 0 saturated heterocycles. The van der Waals surface area contributed by atoms with Crippen molar-refractivity contribution in [2.45, 2.75) is 33.2 Å². The number of benzene rings is 1. The van der Waals surface area contributed by atoms with Crippen LogP contribution in [0, 0.1) is 0 Å². The molecule has 28 heavy (non-hydrogen) atoms. The number of oxazole rings is 1. The first-order chi connectivity index (χ1) is 13.7. The van der Waals surface area contributed by atoms with Crippen LogP contribution >= 0.6 is 11.3 Å². The molecule has 0 unspecified atom stereocenters. The predicted molar refractivity (Wildman–Crippen MR) is 113 cm³/mol. The van der Waals surface area contributed by atoms with E-state index in [0.29, 0.717) is 6.42 Å². The number of carbonyl (C=O) groups excluding carboxylic acids is 1. The van der Waals surface area contributed by atoms with Crippen LogP contribution in [0.25, 0.3) is 31.8 Å². The summed E-state index contributed by atoms with van der Waals surface area (Å²) in [5.41, 5.74) is 3.37. The van der Waals surface area contributed by atoms with E-state index in [2.05, 4.69) is 40.4 Å². The molecular weight excluding hydrogens is 370 g/mol. The second-order valence-corrected chi connectivity index (χ2v) is 8.31. The van der Waals surface area contributed by atoms with E-state index in [1.54, 1.807) is 17.5 Å². The molecule has 3 aromatic heterocycles. The lowest BCUT2D eigenvalue weighted by Crippen LogP contribution is -2.26. The minimum Gasteiger partial charge on any atom is -0.443 e. The molecule has 1 aromatic carbocycles. The molecule has 0 N–H and O–H groups in total. The lowest BCUT2D eigenvalue weighted by molar-refractivity contribution is 0.0994. The summed E-state index contributed by atoms with van der Waals surface area (Å²) < 4.78 is 7.97. The molecular formula is C22H23N3O2S. The Bertz CT molecular complexity index is 1170. The molecule has 0 bridgehead atoms. The second kappa shape index (κ2) is 6.87. The summed E-state index contributed by atoms with van der Waals surface area (Å²) in [4.78, 5) is 21.2. The van der Waals surface area contributed by atoms with Gasteiger partial charge in [0.05, 0.1) is 16.6 Å². The Morgan fingerprint density at radius 1 is 1.25 bits per heavy atom. The highest BCUT2D eigenvalue weighted by molar-refractivity contribution is 7.22. The fraction of sp³-hybridized carbons (Fsp3) is 0.364. The smallest absolute Gasteiger partial charge is 0.181 e. The van der Waals surface area contributed by atoms with E-state index in [9.17, 15) is 4.79 Å². The van der Waals surface area contributed by atoms with Crippen molar-refractivity contribution in [3.8, 4) is 10.6 Å². The van der Waals surface area contributed by atoms with Crippen LogP contribution in [0.5, 0.6) is 0 Å². The Hall–Kier alpha value is -2.44. The summed E-state index contributed by atoms with van der Waals surface area (Å²) in [7, 11) is 0. The highest BCUT2D eigenvalue weighted by Gasteiger charge is 2.26. The molecule has 0 spiro atoms. The van der Waals surface area contributed by atoms with Gasteiger partial charge in [-0.05, 0) is 43.3 Å². The van der Waals surface area contributed by atoms with Gasteiger partial charge in [-0.2, -0.15) is 0 Å². The van der Waals surface area contributed by atoms with E-state index in [0.717, 1.165) is 48.8 Å². The molecule has 0 radical (unpaired) electrons. The van der Waals surface area contributed by atoms with Crippen molar-refractivity contribution in [3.63, 3.8) is 0 Å². The van der Waals surface area contributed by atoms with Gasteiger partial charge in [0.2, 0.25) is 0 Å². The van der Waals surface area contributed by atoms with Crippen molar-refractivity contribution < 1.29 is 9.21 Å². The maximum Gasteiger partial charge on any atom is 0.181 e. The summed E-state index contributed by atoms with van der Waals surface area (Å²) in [5, 5.41) is 2.48. The number of thiophene rings is 1. The fourth-order valence-electron chi connectivity index (χ4n) is 4.39. The van der Waals surface area contributed by atoms with Crippen LogP contribution in [0.4, 0.5) is 0 Å². The first kappa shape index (κ1) is 17.6. The van der Waals surface area contributed by atoms with Crippen LogP contribution in [0.2, 0.25) is 0 Å². The number of hydrogen-bond donors (Lipinski definition) is 0. The van der Waals surface area contributed by atoms with Gasteiger partial charge in [0.25, 0.3) is 0 Å². The molecule has 1 aliphatic rings. The highest BCUT2D eigenvalue weighted by Crippen LogP contribution is 2.43. The van der Waals surface area contributed by atoms with Crippen molar-refractivity contribution in [2.24, 2.45) is 0 Å². The van der Waals surface area contributed by atoms with Crippen LogP contribution in [-0.4, -0.2) is 39.9 Å². The van der Waals surface area contributed by atoms with Gasteiger partial charge in [0, 0.05) is 35.8 Å². The number of hydrogen-bond acceptors (Lipinski definition) is 5. The van der Waals surface area contributed by atoms with Gasteiger partial charge in [-0.3, -0.25) is 4.79 Å².